The van der Waals surface area contributed by atoms with E-state index in [9.17, 15) is 9.59 Å². The van der Waals surface area contributed by atoms with Crippen molar-refractivity contribution >= 4 is 17.5 Å². The minimum absolute atomic E-state index is 0.0647. The summed E-state index contributed by atoms with van der Waals surface area (Å²) in [6.45, 7) is -0.0647. The first-order valence-electron chi connectivity index (χ1n) is 8.20. The summed E-state index contributed by atoms with van der Waals surface area (Å²) < 4.78 is 6.99. The Morgan fingerprint density at radius 3 is 2.76 bits per heavy atom. The van der Waals surface area contributed by atoms with Gasteiger partial charge in [0.25, 0.3) is 5.56 Å². The Bertz CT molecular complexity index is 770. The molecule has 0 aliphatic heterocycles. The Kier molecular flexibility index (Phi) is 5.65. The zero-order valence-corrected chi connectivity index (χ0v) is 14.4. The highest BCUT2D eigenvalue weighted by atomic mass is 35.5. The van der Waals surface area contributed by atoms with Crippen LogP contribution in [0.3, 0.4) is 0 Å². The predicted molar refractivity (Wildman–Crippen MR) is 92.6 cm³/mol. The number of pyridine rings is 1. The van der Waals surface area contributed by atoms with Crippen LogP contribution in [0, 0.1) is 0 Å². The van der Waals surface area contributed by atoms with E-state index < -0.39 is 0 Å². The van der Waals surface area contributed by atoms with Crippen molar-refractivity contribution in [1.82, 2.24) is 20.1 Å². The van der Waals surface area contributed by atoms with Crippen LogP contribution >= 0.6 is 11.6 Å². The maximum atomic E-state index is 12.1. The smallest absolute Gasteiger partial charge is 0.267 e. The van der Waals surface area contributed by atoms with Gasteiger partial charge >= 0.3 is 0 Å². The maximum absolute atomic E-state index is 12.1. The van der Waals surface area contributed by atoms with Crippen molar-refractivity contribution in [3.63, 3.8) is 0 Å². The van der Waals surface area contributed by atoms with Gasteiger partial charge in [0, 0.05) is 30.6 Å². The quantitative estimate of drug-likeness (QED) is 0.876. The van der Waals surface area contributed by atoms with Gasteiger partial charge in [0.1, 0.15) is 12.6 Å². The molecule has 1 aliphatic carbocycles. The molecule has 1 fully saturated rings. The van der Waals surface area contributed by atoms with E-state index in [1.165, 1.54) is 12.3 Å². The lowest BCUT2D eigenvalue weighted by molar-refractivity contribution is -0.123. The first-order chi connectivity index (χ1) is 12.1. The molecule has 0 saturated heterocycles. The molecule has 8 heteroatoms. The van der Waals surface area contributed by atoms with Gasteiger partial charge < -0.3 is 10.1 Å². The lowest BCUT2D eigenvalue weighted by Crippen LogP contribution is -2.42. The first-order valence-corrected chi connectivity index (χ1v) is 8.57. The third-order valence-corrected chi connectivity index (χ3v) is 4.33. The number of carbonyl (C=O) groups is 1. The third-order valence-electron chi connectivity index (χ3n) is 4.11. The minimum Gasteiger partial charge on any atom is -0.474 e. The number of hydrogen-bond acceptors (Lipinski definition) is 5. The standard InChI is InChI=1S/C17H19ClN4O3/c18-12-3-8-16(19-10-12)25-14-6-4-13(5-7-14)21-15(23)11-22-17(24)2-1-9-20-22/h1-3,8-10,13-14H,4-7,11H2,(H,21,23). The number of nitrogens with zero attached hydrogens (tertiary/aromatic N) is 3. The zero-order chi connectivity index (χ0) is 17.6. The Hall–Kier alpha value is -2.41. The van der Waals surface area contributed by atoms with Gasteiger partial charge in [-0.15, -0.1) is 0 Å². The fraction of sp³-hybridized carbons (Fsp3) is 0.412. The Morgan fingerprint density at radius 1 is 1.28 bits per heavy atom. The summed E-state index contributed by atoms with van der Waals surface area (Å²) in [6.07, 6.45) is 6.43. The van der Waals surface area contributed by atoms with Gasteiger partial charge in [-0.25, -0.2) is 9.67 Å². The van der Waals surface area contributed by atoms with Crippen molar-refractivity contribution in [3.05, 3.63) is 52.0 Å². The van der Waals surface area contributed by atoms with Crippen molar-refractivity contribution in [2.75, 3.05) is 0 Å². The molecule has 0 bridgehead atoms. The number of hydrogen-bond donors (Lipinski definition) is 1. The number of nitrogens with one attached hydrogen (secondary N) is 1. The second-order valence-corrected chi connectivity index (χ2v) is 6.43. The highest BCUT2D eigenvalue weighted by Crippen LogP contribution is 2.23. The molecule has 25 heavy (non-hydrogen) atoms. The van der Waals surface area contributed by atoms with Crippen LogP contribution < -0.4 is 15.6 Å². The van der Waals surface area contributed by atoms with Gasteiger partial charge in [-0.3, -0.25) is 9.59 Å². The normalized spacial score (nSPS) is 20.0. The third kappa shape index (κ3) is 5.03. The Labute approximate surface area is 150 Å². The van der Waals surface area contributed by atoms with Crippen LogP contribution in [0.15, 0.2) is 41.5 Å². The molecule has 0 radical (unpaired) electrons. The van der Waals surface area contributed by atoms with E-state index in [1.807, 2.05) is 0 Å². The van der Waals surface area contributed by atoms with Crippen LogP contribution in [0.25, 0.3) is 0 Å². The van der Waals surface area contributed by atoms with Crippen LogP contribution in [0.2, 0.25) is 5.02 Å². The van der Waals surface area contributed by atoms with Gasteiger partial charge in [-0.05, 0) is 37.8 Å². The summed E-state index contributed by atoms with van der Waals surface area (Å²) in [5, 5.41) is 7.42. The summed E-state index contributed by atoms with van der Waals surface area (Å²) in [6, 6.07) is 6.52. The largest absolute Gasteiger partial charge is 0.474 e. The summed E-state index contributed by atoms with van der Waals surface area (Å²) in [7, 11) is 0. The van der Waals surface area contributed by atoms with Crippen molar-refractivity contribution in [3.8, 4) is 5.88 Å². The minimum atomic E-state index is -0.287. The van der Waals surface area contributed by atoms with E-state index in [-0.39, 0.29) is 30.2 Å². The average Bonchev–Trinajstić information content (AvgIpc) is 2.61. The molecule has 1 amide bonds. The van der Waals surface area contributed by atoms with Crippen LogP contribution in [-0.2, 0) is 11.3 Å². The summed E-state index contributed by atoms with van der Waals surface area (Å²) in [5.41, 5.74) is -0.287. The van der Waals surface area contributed by atoms with Gasteiger partial charge in [0.05, 0.1) is 5.02 Å². The molecule has 1 saturated carbocycles. The van der Waals surface area contributed by atoms with Crippen LogP contribution in [0.1, 0.15) is 25.7 Å². The van der Waals surface area contributed by atoms with Gasteiger partial charge in [0.2, 0.25) is 11.8 Å². The van der Waals surface area contributed by atoms with Crippen molar-refractivity contribution in [1.29, 1.82) is 0 Å². The molecule has 132 valence electrons. The van der Waals surface area contributed by atoms with Crippen molar-refractivity contribution < 1.29 is 9.53 Å². The summed E-state index contributed by atoms with van der Waals surface area (Å²) in [5.74, 6) is 0.357. The maximum Gasteiger partial charge on any atom is 0.267 e. The van der Waals surface area contributed by atoms with Gasteiger partial charge in [-0.1, -0.05) is 11.6 Å². The van der Waals surface area contributed by atoms with E-state index >= 15 is 0 Å². The number of carbonyl (C=O) groups excluding carboxylic acids is 1. The fourth-order valence-electron chi connectivity index (χ4n) is 2.84. The highest BCUT2D eigenvalue weighted by Gasteiger charge is 2.24. The molecular weight excluding hydrogens is 344 g/mol. The van der Waals surface area contributed by atoms with E-state index in [4.69, 9.17) is 16.3 Å². The molecule has 0 aromatic carbocycles. The monoisotopic (exact) mass is 362 g/mol. The topological polar surface area (TPSA) is 86.1 Å². The molecule has 1 aliphatic rings. The zero-order valence-electron chi connectivity index (χ0n) is 13.6. The lowest BCUT2D eigenvalue weighted by atomic mass is 9.93. The molecule has 2 aromatic heterocycles. The molecule has 2 aromatic rings. The number of halogens is 1. The van der Waals surface area contributed by atoms with Crippen molar-refractivity contribution in [2.45, 2.75) is 44.4 Å². The Morgan fingerprint density at radius 2 is 2.08 bits per heavy atom. The molecule has 0 unspecified atom stereocenters. The molecular formula is C17H19ClN4O3. The Balaban J connectivity index is 1.44. The number of ether oxygens (including phenoxy) is 1. The number of aromatic nitrogens is 3. The average molecular weight is 363 g/mol. The number of amides is 1. The molecule has 7 nitrogen and oxygen atoms in total. The van der Waals surface area contributed by atoms with Gasteiger partial charge in [-0.2, -0.15) is 5.10 Å². The first kappa shape index (κ1) is 17.4. The van der Waals surface area contributed by atoms with Crippen LogP contribution in [-0.4, -0.2) is 32.8 Å². The van der Waals surface area contributed by atoms with Crippen molar-refractivity contribution in [2.24, 2.45) is 0 Å². The van der Waals surface area contributed by atoms with E-state index in [0.29, 0.717) is 10.9 Å². The highest BCUT2D eigenvalue weighted by molar-refractivity contribution is 6.30. The predicted octanol–water partition coefficient (Wildman–Crippen LogP) is 1.80. The SMILES string of the molecule is O=C(Cn1ncccc1=O)NC1CCC(Oc2ccc(Cl)cn2)CC1. The van der Waals surface area contributed by atoms with Gasteiger partial charge in [0.15, 0.2) is 0 Å². The second kappa shape index (κ2) is 8.11. The molecule has 3 rings (SSSR count). The van der Waals surface area contributed by atoms with Crippen LogP contribution in [0.5, 0.6) is 5.88 Å². The molecule has 2 heterocycles. The molecule has 0 spiro atoms. The summed E-state index contributed by atoms with van der Waals surface area (Å²) >= 11 is 5.81. The van der Waals surface area contributed by atoms with E-state index in [1.54, 1.807) is 24.4 Å². The van der Waals surface area contributed by atoms with Crippen LogP contribution in [0.4, 0.5) is 0 Å². The second-order valence-electron chi connectivity index (χ2n) is 5.99. The molecule has 1 N–H and O–H groups in total. The lowest BCUT2D eigenvalue weighted by Gasteiger charge is -2.29. The number of rotatable bonds is 5. The van der Waals surface area contributed by atoms with E-state index in [0.717, 1.165) is 30.4 Å². The summed E-state index contributed by atoms with van der Waals surface area (Å²) in [4.78, 5) is 27.8. The van der Waals surface area contributed by atoms with E-state index in [2.05, 4.69) is 15.4 Å². The fourth-order valence-corrected chi connectivity index (χ4v) is 2.95. The molecule has 0 atom stereocenters.